The summed E-state index contributed by atoms with van der Waals surface area (Å²) in [5.41, 5.74) is 0.821. The summed E-state index contributed by atoms with van der Waals surface area (Å²) in [6, 6.07) is 9.16. The lowest BCUT2D eigenvalue weighted by atomic mass is 9.98. The van der Waals surface area contributed by atoms with Crippen LogP contribution >= 0.6 is 0 Å². The van der Waals surface area contributed by atoms with Gasteiger partial charge < -0.3 is 28.4 Å². The van der Waals surface area contributed by atoms with Crippen molar-refractivity contribution >= 4 is 23.9 Å². The van der Waals surface area contributed by atoms with Crippen LogP contribution in [0, 0.1) is 0 Å². The maximum absolute atomic E-state index is 11.8. The van der Waals surface area contributed by atoms with E-state index >= 15 is 0 Å². The summed E-state index contributed by atoms with van der Waals surface area (Å²) in [5.74, 6) is -2.66. The first-order chi connectivity index (χ1) is 14.7. The maximum Gasteiger partial charge on any atom is 0.305 e. The summed E-state index contributed by atoms with van der Waals surface area (Å²) in [6.07, 6.45) is -5.86. The molecule has 1 heterocycles. The first-order valence-corrected chi connectivity index (χ1v) is 9.63. The Morgan fingerprint density at radius 1 is 0.774 bits per heavy atom. The molecule has 1 aliphatic rings. The number of hydrogen-bond donors (Lipinski definition) is 0. The summed E-state index contributed by atoms with van der Waals surface area (Å²) in [5, 5.41) is 0. The van der Waals surface area contributed by atoms with Crippen molar-refractivity contribution in [2.24, 2.45) is 0 Å². The molecule has 0 aliphatic carbocycles. The van der Waals surface area contributed by atoms with Gasteiger partial charge in [-0.25, -0.2) is 0 Å². The van der Waals surface area contributed by atoms with Crippen molar-refractivity contribution in [3.63, 3.8) is 0 Å². The number of carbonyl (C=O) groups is 4. The number of esters is 4. The molecule has 0 aromatic heterocycles. The van der Waals surface area contributed by atoms with E-state index in [4.69, 9.17) is 28.4 Å². The third kappa shape index (κ3) is 7.65. The maximum atomic E-state index is 11.8. The summed E-state index contributed by atoms with van der Waals surface area (Å²) in [7, 11) is 0. The van der Waals surface area contributed by atoms with Gasteiger partial charge in [-0.1, -0.05) is 30.3 Å². The molecule has 2 rings (SSSR count). The average molecular weight is 438 g/mol. The average Bonchev–Trinajstić information content (AvgIpc) is 2.67. The number of benzene rings is 1. The lowest BCUT2D eigenvalue weighted by Crippen LogP contribution is -2.62. The molecule has 1 saturated heterocycles. The molecule has 1 aromatic carbocycles. The minimum absolute atomic E-state index is 0.105. The number of hydrogen-bond acceptors (Lipinski definition) is 10. The fraction of sp³-hybridized carbons (Fsp3) is 0.524. The predicted molar refractivity (Wildman–Crippen MR) is 103 cm³/mol. The van der Waals surface area contributed by atoms with Crippen molar-refractivity contribution in [1.29, 1.82) is 0 Å². The number of ether oxygens (including phenoxy) is 6. The largest absolute Gasteiger partial charge is 0.463 e. The quantitative estimate of drug-likeness (QED) is 0.433. The summed E-state index contributed by atoms with van der Waals surface area (Å²) in [6.45, 7) is 4.54. The van der Waals surface area contributed by atoms with Gasteiger partial charge in [0.05, 0.1) is 6.61 Å². The zero-order chi connectivity index (χ0) is 23.0. The summed E-state index contributed by atoms with van der Waals surface area (Å²) >= 11 is 0. The minimum atomic E-state index is -1.40. The second-order valence-electron chi connectivity index (χ2n) is 6.86. The van der Waals surface area contributed by atoms with Gasteiger partial charge in [-0.05, 0) is 5.56 Å². The van der Waals surface area contributed by atoms with Gasteiger partial charge in [-0.15, -0.1) is 0 Å². The van der Waals surface area contributed by atoms with E-state index in [1.165, 1.54) is 13.8 Å². The van der Waals surface area contributed by atoms with E-state index in [-0.39, 0.29) is 13.2 Å². The van der Waals surface area contributed by atoms with Gasteiger partial charge in [0.1, 0.15) is 18.8 Å². The molecule has 0 saturated carbocycles. The van der Waals surface area contributed by atoms with Crippen LogP contribution in [0.4, 0.5) is 0 Å². The zero-order valence-corrected chi connectivity index (χ0v) is 17.8. The Labute approximate surface area is 179 Å². The van der Waals surface area contributed by atoms with Gasteiger partial charge in [0.2, 0.25) is 12.4 Å². The van der Waals surface area contributed by atoms with E-state index in [0.717, 1.165) is 19.4 Å². The Bertz CT molecular complexity index is 778. The van der Waals surface area contributed by atoms with Gasteiger partial charge in [0.15, 0.2) is 6.10 Å². The highest BCUT2D eigenvalue weighted by atomic mass is 16.7. The second kappa shape index (κ2) is 11.4. The Hall–Kier alpha value is -2.98. The Kier molecular flexibility index (Phi) is 8.95. The zero-order valence-electron chi connectivity index (χ0n) is 17.8. The molecule has 0 bridgehead atoms. The highest BCUT2D eigenvalue weighted by Crippen LogP contribution is 2.30. The number of rotatable bonds is 8. The van der Waals surface area contributed by atoms with Crippen molar-refractivity contribution in [2.75, 3.05) is 6.61 Å². The molecule has 31 heavy (non-hydrogen) atoms. The van der Waals surface area contributed by atoms with Crippen LogP contribution in [0.2, 0.25) is 0 Å². The lowest BCUT2D eigenvalue weighted by molar-refractivity contribution is -0.305. The molecule has 1 aliphatic heterocycles. The van der Waals surface area contributed by atoms with Gasteiger partial charge in [0, 0.05) is 27.7 Å². The molecule has 1 aromatic rings. The minimum Gasteiger partial charge on any atom is -0.463 e. The molecule has 0 amide bonds. The van der Waals surface area contributed by atoms with Crippen molar-refractivity contribution in [3.05, 3.63) is 35.9 Å². The van der Waals surface area contributed by atoms with Crippen molar-refractivity contribution in [3.8, 4) is 0 Å². The molecule has 0 unspecified atom stereocenters. The highest BCUT2D eigenvalue weighted by molar-refractivity contribution is 5.68. The lowest BCUT2D eigenvalue weighted by Gasteiger charge is -2.44. The van der Waals surface area contributed by atoms with Gasteiger partial charge in [-0.3, -0.25) is 19.2 Å². The van der Waals surface area contributed by atoms with E-state index in [9.17, 15) is 19.2 Å². The van der Waals surface area contributed by atoms with Crippen LogP contribution < -0.4 is 0 Å². The Balaban J connectivity index is 2.37. The molecule has 0 N–H and O–H groups in total. The van der Waals surface area contributed by atoms with Crippen LogP contribution in [0.1, 0.15) is 33.3 Å². The SMILES string of the molecule is CC(=O)OC[C@H]1O[C@@H](OC(C)=O)[C@H](OC(C)=O)[C@@H](OC(C)=O)[C@@H]1OCc1ccccc1. The van der Waals surface area contributed by atoms with E-state index < -0.39 is 54.6 Å². The molecule has 0 radical (unpaired) electrons. The normalized spacial score (nSPS) is 25.2. The van der Waals surface area contributed by atoms with Gasteiger partial charge in [0.25, 0.3) is 0 Å². The fourth-order valence-electron chi connectivity index (χ4n) is 3.08. The molecule has 10 heteroatoms. The Morgan fingerprint density at radius 3 is 1.90 bits per heavy atom. The number of carbonyl (C=O) groups excluding carboxylic acids is 4. The van der Waals surface area contributed by atoms with Crippen LogP contribution in [-0.2, 0) is 54.2 Å². The van der Waals surface area contributed by atoms with E-state index in [2.05, 4.69) is 0 Å². The first-order valence-electron chi connectivity index (χ1n) is 9.63. The summed E-state index contributed by atoms with van der Waals surface area (Å²) in [4.78, 5) is 46.4. The second-order valence-corrected chi connectivity index (χ2v) is 6.86. The summed E-state index contributed by atoms with van der Waals surface area (Å²) < 4.78 is 32.6. The van der Waals surface area contributed by atoms with E-state index in [1.54, 1.807) is 0 Å². The smallest absolute Gasteiger partial charge is 0.305 e. The van der Waals surface area contributed by atoms with Gasteiger partial charge >= 0.3 is 23.9 Å². The third-order valence-electron chi connectivity index (χ3n) is 4.21. The monoisotopic (exact) mass is 438 g/mol. The van der Waals surface area contributed by atoms with Crippen LogP contribution in [0.3, 0.4) is 0 Å². The van der Waals surface area contributed by atoms with Crippen molar-refractivity contribution < 1.29 is 47.6 Å². The fourth-order valence-corrected chi connectivity index (χ4v) is 3.08. The molecule has 5 atom stereocenters. The molecular weight excluding hydrogens is 412 g/mol. The molecule has 0 spiro atoms. The Morgan fingerprint density at radius 2 is 1.35 bits per heavy atom. The van der Waals surface area contributed by atoms with Crippen molar-refractivity contribution in [1.82, 2.24) is 0 Å². The van der Waals surface area contributed by atoms with Crippen molar-refractivity contribution in [2.45, 2.75) is 65.0 Å². The van der Waals surface area contributed by atoms with Crippen LogP contribution in [0.5, 0.6) is 0 Å². The first kappa shape index (κ1) is 24.3. The third-order valence-corrected chi connectivity index (χ3v) is 4.21. The van der Waals surface area contributed by atoms with E-state index in [0.29, 0.717) is 0 Å². The molecular formula is C21H26O10. The van der Waals surface area contributed by atoms with E-state index in [1.807, 2.05) is 30.3 Å². The van der Waals surface area contributed by atoms with Crippen LogP contribution in [0.15, 0.2) is 30.3 Å². The molecule has 170 valence electrons. The van der Waals surface area contributed by atoms with Crippen LogP contribution in [0.25, 0.3) is 0 Å². The predicted octanol–water partition coefficient (Wildman–Crippen LogP) is 1.29. The topological polar surface area (TPSA) is 124 Å². The molecule has 10 nitrogen and oxygen atoms in total. The molecule has 1 fully saturated rings. The van der Waals surface area contributed by atoms with Crippen LogP contribution in [-0.4, -0.2) is 61.2 Å². The highest BCUT2D eigenvalue weighted by Gasteiger charge is 2.52. The standard InChI is InChI=1S/C21H26O10/c1-12(22)26-11-17-18(27-10-16-8-6-5-7-9-16)19(28-13(2)23)20(29-14(3)24)21(31-17)30-15(4)25/h5-9,17-21H,10-11H2,1-4H3/t17-,18-,19+,20-,21-/m1/s1. The van der Waals surface area contributed by atoms with Gasteiger partial charge in [-0.2, -0.15) is 0 Å².